The summed E-state index contributed by atoms with van der Waals surface area (Å²) in [5.74, 6) is -3.19. The Labute approximate surface area is 308 Å². The van der Waals surface area contributed by atoms with Crippen LogP contribution in [0.2, 0.25) is 0 Å². The molecule has 0 spiro atoms. The fraction of sp³-hybridized carbons (Fsp3) is 0.410. The fourth-order valence-corrected chi connectivity index (χ4v) is 7.27. The van der Waals surface area contributed by atoms with Gasteiger partial charge in [0.15, 0.2) is 5.78 Å². The van der Waals surface area contributed by atoms with E-state index in [4.69, 9.17) is 29.7 Å². The standard InChI is InChI=1S/C39H43N4O6.Mg/c1-9-23-19(4)27-15-31-25(17-44)21(6)26(41-31)14-28-20(5)24(10-11-32(45)49-13-12-18(2)3)36(42-28)34-35(39(47)48-8)38(46)33-22(7)29(43-37(33)34)16-30(23)40-27;/h12,14-16,20,24,35,44H,9-11,13,17H2,1-8H3,(H-,42,43,46);/q-3;+2/p-1/b27-15-,28-14-,30-16-;/t20-,24-,35+;/m0./s1. The number of fused-ring (bicyclic) bond motifs is 7. The number of aliphatic hydroxyl groups excluding tert-OH is 1. The number of aromatic nitrogens is 3. The van der Waals surface area contributed by atoms with E-state index in [1.54, 1.807) is 0 Å². The number of ketones is 1. The minimum Gasteiger partial charge on any atom is -0.664 e. The molecule has 8 bridgehead atoms. The summed E-state index contributed by atoms with van der Waals surface area (Å²) in [6.07, 6.45) is 8.77. The van der Waals surface area contributed by atoms with Gasteiger partial charge in [0.25, 0.3) is 0 Å². The van der Waals surface area contributed by atoms with Crippen LogP contribution in [0.25, 0.3) is 29.1 Å². The number of hydrogen-bond donors (Lipinski definition) is 1. The summed E-state index contributed by atoms with van der Waals surface area (Å²) in [6.45, 7) is 13.7. The van der Waals surface area contributed by atoms with Crippen LogP contribution < -0.4 is 25.7 Å². The number of carbonyl (C=O) groups is 3. The van der Waals surface area contributed by atoms with Crippen molar-refractivity contribution in [2.24, 2.45) is 17.8 Å². The van der Waals surface area contributed by atoms with E-state index in [9.17, 15) is 19.5 Å². The molecule has 0 radical (unpaired) electrons. The minimum atomic E-state index is -1.23. The van der Waals surface area contributed by atoms with E-state index in [2.05, 4.69) is 6.92 Å². The van der Waals surface area contributed by atoms with Gasteiger partial charge in [0.1, 0.15) is 12.5 Å². The Morgan fingerprint density at radius 2 is 1.64 bits per heavy atom. The quantitative estimate of drug-likeness (QED) is 0.162. The van der Waals surface area contributed by atoms with E-state index in [0.717, 1.165) is 39.4 Å². The molecule has 1 fully saturated rings. The maximum Gasteiger partial charge on any atom is 2.00 e. The van der Waals surface area contributed by atoms with Gasteiger partial charge in [-0.15, -0.1) is 33.5 Å². The zero-order valence-electron chi connectivity index (χ0n) is 30.1. The number of esters is 2. The Morgan fingerprint density at radius 1 is 0.940 bits per heavy atom. The second-order valence-corrected chi connectivity index (χ2v) is 13.3. The van der Waals surface area contributed by atoms with E-state index < -0.39 is 11.9 Å². The number of aliphatic hydroxyl groups is 1. The summed E-state index contributed by atoms with van der Waals surface area (Å²) in [7, 11) is 1.27. The monoisotopic (exact) mass is 686 g/mol. The molecular weight excluding hydrogens is 645 g/mol. The number of nitrogens with zero attached hydrogens (tertiary/aromatic N) is 4. The van der Waals surface area contributed by atoms with Crippen molar-refractivity contribution in [1.82, 2.24) is 15.0 Å². The van der Waals surface area contributed by atoms with Crippen molar-refractivity contribution in [3.8, 4) is 0 Å². The molecule has 1 aliphatic carbocycles. The number of Topliss-reactive ketones (excluding diaryl/α,β-unsaturated/α-hetero) is 1. The van der Waals surface area contributed by atoms with Gasteiger partial charge in [-0.3, -0.25) is 14.4 Å². The predicted octanol–water partition coefficient (Wildman–Crippen LogP) is 3.80. The summed E-state index contributed by atoms with van der Waals surface area (Å²) in [4.78, 5) is 55.3. The third kappa shape index (κ3) is 6.35. The van der Waals surface area contributed by atoms with E-state index in [1.165, 1.54) is 7.11 Å². The summed E-state index contributed by atoms with van der Waals surface area (Å²) in [5, 5.41) is 17.0. The van der Waals surface area contributed by atoms with Crippen molar-refractivity contribution in [3.63, 3.8) is 0 Å². The smallest absolute Gasteiger partial charge is 0.664 e. The van der Waals surface area contributed by atoms with Crippen LogP contribution in [-0.4, -0.2) is 59.6 Å². The molecule has 2 aliphatic heterocycles. The maximum atomic E-state index is 14.1. The van der Waals surface area contributed by atoms with Crippen molar-refractivity contribution < 1.29 is 29.0 Å². The molecular formula is C39H42MgN4O6-2. The molecule has 3 aromatic rings. The predicted molar refractivity (Wildman–Crippen MR) is 191 cm³/mol. The van der Waals surface area contributed by atoms with Gasteiger partial charge in [0, 0.05) is 12.0 Å². The molecule has 0 aromatic carbocycles. The molecule has 10 nitrogen and oxygen atoms in total. The van der Waals surface area contributed by atoms with Crippen LogP contribution in [0.1, 0.15) is 101 Å². The summed E-state index contributed by atoms with van der Waals surface area (Å²) >= 11 is 0. The molecule has 5 heterocycles. The van der Waals surface area contributed by atoms with Gasteiger partial charge >= 0.3 is 35.0 Å². The summed E-state index contributed by atoms with van der Waals surface area (Å²) in [6, 6.07) is 0. The second-order valence-electron chi connectivity index (χ2n) is 13.3. The molecule has 11 heteroatoms. The Kier molecular flexibility index (Phi) is 10.9. The van der Waals surface area contributed by atoms with Crippen LogP contribution in [0.5, 0.6) is 0 Å². The van der Waals surface area contributed by atoms with Crippen LogP contribution in [0.15, 0.2) is 23.0 Å². The molecule has 0 unspecified atom stereocenters. The third-order valence-corrected chi connectivity index (χ3v) is 10.2. The number of carbonyl (C=O) groups excluding carboxylic acids is 3. The molecule has 3 aliphatic rings. The SMILES string of the molecule is CCc1c(C)/c2[n-]/c1=C\c1[n-]c3c(c1C)C(=O)[C@H](C(=O)OC)/C3=C1/[N-]/C(=C\c3[n-]c(c(CO)c3C)\C=2)[C@@H](C)[C@@H]1CCC(=O)OCC=C(C)C.[Mg+2]. The van der Waals surface area contributed by atoms with Crippen LogP contribution in [-0.2, 0) is 32.1 Å². The molecule has 1 N–H and O–H groups in total. The Balaban J connectivity index is 0.00000486. The maximum absolute atomic E-state index is 14.1. The Morgan fingerprint density at radius 3 is 2.30 bits per heavy atom. The van der Waals surface area contributed by atoms with Gasteiger partial charge in [-0.1, -0.05) is 65.5 Å². The fourth-order valence-electron chi connectivity index (χ4n) is 7.27. The molecule has 50 heavy (non-hydrogen) atoms. The average molecular weight is 687 g/mol. The molecule has 0 saturated carbocycles. The average Bonchev–Trinajstić information content (AvgIpc) is 3.80. The van der Waals surface area contributed by atoms with E-state index in [0.29, 0.717) is 62.9 Å². The van der Waals surface area contributed by atoms with Gasteiger partial charge < -0.3 is 34.8 Å². The number of allylic oxidation sites excluding steroid dienone is 3. The first kappa shape index (κ1) is 37.2. The van der Waals surface area contributed by atoms with Crippen molar-refractivity contribution in [2.75, 3.05) is 13.7 Å². The van der Waals surface area contributed by atoms with E-state index in [-0.39, 0.29) is 66.3 Å². The number of ether oxygens (including phenoxy) is 2. The first-order valence-corrected chi connectivity index (χ1v) is 16.8. The molecule has 0 amide bonds. The van der Waals surface area contributed by atoms with Gasteiger partial charge in [-0.25, -0.2) is 0 Å². The van der Waals surface area contributed by atoms with Crippen LogP contribution in [0.3, 0.4) is 0 Å². The normalized spacial score (nSPS) is 22.7. The van der Waals surface area contributed by atoms with Gasteiger partial charge in [0.2, 0.25) is 0 Å². The van der Waals surface area contributed by atoms with Crippen LogP contribution >= 0.6 is 0 Å². The van der Waals surface area contributed by atoms with Gasteiger partial charge in [0.05, 0.1) is 13.7 Å². The topological polar surface area (TPSA) is 146 Å². The molecule has 258 valence electrons. The zero-order valence-corrected chi connectivity index (χ0v) is 31.5. The van der Waals surface area contributed by atoms with Crippen molar-refractivity contribution in [1.29, 1.82) is 0 Å². The summed E-state index contributed by atoms with van der Waals surface area (Å²) < 4.78 is 10.6. The summed E-state index contributed by atoms with van der Waals surface area (Å²) in [5.41, 5.74) is 9.61. The Hall–Kier alpha value is -4.06. The second kappa shape index (κ2) is 14.7. The van der Waals surface area contributed by atoms with Gasteiger partial charge in [-0.05, 0) is 70.9 Å². The van der Waals surface area contributed by atoms with Crippen LogP contribution in [0.4, 0.5) is 0 Å². The molecule has 3 atom stereocenters. The van der Waals surface area contributed by atoms with Crippen LogP contribution in [0, 0.1) is 38.5 Å². The van der Waals surface area contributed by atoms with E-state index in [1.807, 2.05) is 65.8 Å². The first-order chi connectivity index (χ1) is 23.4. The third-order valence-electron chi connectivity index (χ3n) is 10.2. The van der Waals surface area contributed by atoms with Crippen molar-refractivity contribution in [3.05, 3.63) is 95.2 Å². The van der Waals surface area contributed by atoms with Crippen molar-refractivity contribution >= 4 is 64.6 Å². The minimum absolute atomic E-state index is 0. The first-order valence-electron chi connectivity index (χ1n) is 16.8. The molecule has 6 rings (SSSR count). The zero-order chi connectivity index (χ0) is 35.3. The van der Waals surface area contributed by atoms with E-state index >= 15 is 0 Å². The van der Waals surface area contributed by atoms with Crippen molar-refractivity contribution in [2.45, 2.75) is 74.3 Å². The molecule has 1 saturated heterocycles. The number of methoxy groups -OCH3 is 1. The number of rotatable bonds is 8. The largest absolute Gasteiger partial charge is 2.00 e. The number of hydrogen-bond acceptors (Lipinski definition) is 6. The van der Waals surface area contributed by atoms with Gasteiger partial charge in [-0.2, -0.15) is 11.4 Å². The molecule has 3 aromatic heterocycles. The Bertz CT molecular complexity index is 2100.